The zero-order valence-corrected chi connectivity index (χ0v) is 27.2. The topological polar surface area (TPSA) is 122 Å². The third-order valence-electron chi connectivity index (χ3n) is 8.00. The molecule has 0 atom stereocenters. The Kier molecular flexibility index (Phi) is 10.2. The first kappa shape index (κ1) is 32.5. The maximum Gasteiger partial charge on any atom is 0.339 e. The summed E-state index contributed by atoms with van der Waals surface area (Å²) in [6.07, 6.45) is 8.76. The zero-order chi connectivity index (χ0) is 32.0. The third-order valence-corrected chi connectivity index (χ3v) is 11.1. The van der Waals surface area contributed by atoms with E-state index < -0.39 is 26.0 Å². The molecule has 5 rings (SSSR count). The Labute approximate surface area is 265 Å². The zero-order valence-electron chi connectivity index (χ0n) is 25.6. The summed E-state index contributed by atoms with van der Waals surface area (Å²) in [6.45, 7) is 4.49. The summed E-state index contributed by atoms with van der Waals surface area (Å²) in [6, 6.07) is 15.9. The van der Waals surface area contributed by atoms with Gasteiger partial charge in [-0.1, -0.05) is 30.2 Å². The molecule has 0 aliphatic carbocycles. The average Bonchev–Trinajstić information content (AvgIpc) is 3.05. The summed E-state index contributed by atoms with van der Waals surface area (Å²) in [5, 5.41) is 2.90. The van der Waals surface area contributed by atoms with E-state index in [1.807, 2.05) is 6.92 Å². The molecule has 2 saturated heterocycles. The number of nitrogens with one attached hydrogen (secondary N) is 1. The fourth-order valence-corrected chi connectivity index (χ4v) is 8.00. The summed E-state index contributed by atoms with van der Waals surface area (Å²) in [5.74, 6) is -0.254. The molecule has 1 amide bonds. The standard InChI is InChI=1S/C33H39N3O7S2/c1-25-9-13-27(14-10-25)45(40,41)43-31-17-11-26(23-32(31)42-2)12-18-33(37)34-29-24-28(44(38,39)36-21-7-4-8-22-36)15-16-30(29)35-19-5-3-6-20-35/h9-18,23-24H,3-8,19-22H2,1-2H3,(H,34,37)/b18-12-. The predicted molar refractivity (Wildman–Crippen MR) is 175 cm³/mol. The number of anilines is 2. The monoisotopic (exact) mass is 653 g/mol. The highest BCUT2D eigenvalue weighted by Crippen LogP contribution is 2.34. The molecule has 0 saturated carbocycles. The Hall–Kier alpha value is -3.87. The van der Waals surface area contributed by atoms with Gasteiger partial charge in [0.05, 0.1) is 23.4 Å². The van der Waals surface area contributed by atoms with Crippen LogP contribution in [-0.4, -0.2) is 60.3 Å². The van der Waals surface area contributed by atoms with Crippen molar-refractivity contribution in [3.63, 3.8) is 0 Å². The molecule has 45 heavy (non-hydrogen) atoms. The van der Waals surface area contributed by atoms with Gasteiger partial charge in [0, 0.05) is 32.3 Å². The number of ether oxygens (including phenoxy) is 1. The van der Waals surface area contributed by atoms with Crippen LogP contribution in [0.2, 0.25) is 0 Å². The van der Waals surface area contributed by atoms with Crippen LogP contribution in [0.25, 0.3) is 6.08 Å². The molecule has 0 bridgehead atoms. The molecule has 1 N–H and O–H groups in total. The number of amides is 1. The number of nitrogens with zero attached hydrogens (tertiary/aromatic N) is 2. The fourth-order valence-electron chi connectivity index (χ4n) is 5.51. The lowest BCUT2D eigenvalue weighted by molar-refractivity contribution is -0.111. The SMILES string of the molecule is COc1cc(/C=C\C(=O)Nc2cc(S(=O)(=O)N3CCCCC3)ccc2N2CCCCC2)ccc1OS(=O)(=O)c1ccc(C)cc1. The molecule has 12 heteroatoms. The van der Waals surface area contributed by atoms with Crippen LogP contribution in [0.15, 0.2) is 76.5 Å². The van der Waals surface area contributed by atoms with Gasteiger partial charge in [-0.25, -0.2) is 8.42 Å². The van der Waals surface area contributed by atoms with E-state index in [1.165, 1.54) is 35.7 Å². The quantitative estimate of drug-likeness (QED) is 0.222. The van der Waals surface area contributed by atoms with E-state index in [2.05, 4.69) is 10.2 Å². The van der Waals surface area contributed by atoms with Gasteiger partial charge < -0.3 is 19.1 Å². The first-order valence-electron chi connectivity index (χ1n) is 15.1. The van der Waals surface area contributed by atoms with E-state index in [-0.39, 0.29) is 21.3 Å². The smallest absolute Gasteiger partial charge is 0.339 e. The van der Waals surface area contributed by atoms with Gasteiger partial charge in [0.2, 0.25) is 15.9 Å². The number of carbonyl (C=O) groups is 1. The second kappa shape index (κ2) is 14.1. The summed E-state index contributed by atoms with van der Waals surface area (Å²) in [7, 11) is -6.38. The van der Waals surface area contributed by atoms with Crippen molar-refractivity contribution in [1.29, 1.82) is 0 Å². The second-order valence-electron chi connectivity index (χ2n) is 11.3. The lowest BCUT2D eigenvalue weighted by atomic mass is 10.1. The highest BCUT2D eigenvalue weighted by atomic mass is 32.2. The predicted octanol–water partition coefficient (Wildman–Crippen LogP) is 5.59. The maximum atomic E-state index is 13.4. The van der Waals surface area contributed by atoms with Crippen molar-refractivity contribution in [3.05, 3.63) is 77.9 Å². The fraction of sp³-hybridized carbons (Fsp3) is 0.364. The van der Waals surface area contributed by atoms with Crippen LogP contribution in [0.1, 0.15) is 49.7 Å². The Morgan fingerprint density at radius 2 is 1.42 bits per heavy atom. The lowest BCUT2D eigenvalue weighted by Gasteiger charge is -2.31. The number of methoxy groups -OCH3 is 1. The highest BCUT2D eigenvalue weighted by molar-refractivity contribution is 7.89. The van der Waals surface area contributed by atoms with Crippen molar-refractivity contribution in [2.45, 2.75) is 55.2 Å². The van der Waals surface area contributed by atoms with Crippen molar-refractivity contribution in [3.8, 4) is 11.5 Å². The van der Waals surface area contributed by atoms with Gasteiger partial charge >= 0.3 is 10.1 Å². The van der Waals surface area contributed by atoms with Gasteiger partial charge in [-0.15, -0.1) is 0 Å². The second-order valence-corrected chi connectivity index (χ2v) is 14.8. The highest BCUT2D eigenvalue weighted by Gasteiger charge is 2.28. The van der Waals surface area contributed by atoms with E-state index in [0.29, 0.717) is 24.3 Å². The van der Waals surface area contributed by atoms with Gasteiger partial charge in [-0.2, -0.15) is 12.7 Å². The summed E-state index contributed by atoms with van der Waals surface area (Å²) < 4.78 is 64.6. The van der Waals surface area contributed by atoms with E-state index in [1.54, 1.807) is 48.5 Å². The van der Waals surface area contributed by atoms with E-state index in [9.17, 15) is 21.6 Å². The van der Waals surface area contributed by atoms with Crippen LogP contribution in [0.4, 0.5) is 11.4 Å². The van der Waals surface area contributed by atoms with Gasteiger partial charge in [0.25, 0.3) is 0 Å². The average molecular weight is 654 g/mol. The molecule has 0 aromatic heterocycles. The molecule has 2 fully saturated rings. The number of sulfonamides is 1. The molecule has 2 aliphatic rings. The van der Waals surface area contributed by atoms with Crippen LogP contribution in [0.5, 0.6) is 11.5 Å². The van der Waals surface area contributed by atoms with Crippen LogP contribution in [0, 0.1) is 6.92 Å². The number of hydrogen-bond acceptors (Lipinski definition) is 8. The minimum atomic E-state index is -4.08. The number of carbonyl (C=O) groups excluding carboxylic acids is 1. The van der Waals surface area contributed by atoms with Crippen LogP contribution in [-0.2, 0) is 24.9 Å². The van der Waals surface area contributed by atoms with Crippen molar-refractivity contribution >= 4 is 43.5 Å². The molecule has 10 nitrogen and oxygen atoms in total. The van der Waals surface area contributed by atoms with Gasteiger partial charge in [0.15, 0.2) is 11.5 Å². The van der Waals surface area contributed by atoms with Gasteiger partial charge in [0.1, 0.15) is 4.90 Å². The molecule has 0 radical (unpaired) electrons. The summed E-state index contributed by atoms with van der Waals surface area (Å²) in [5.41, 5.74) is 2.71. The molecule has 2 heterocycles. The molecule has 3 aromatic rings. The largest absolute Gasteiger partial charge is 0.493 e. The molecule has 0 unspecified atom stereocenters. The molecule has 240 valence electrons. The van der Waals surface area contributed by atoms with Crippen LogP contribution < -0.4 is 19.1 Å². The molecular weight excluding hydrogens is 615 g/mol. The van der Waals surface area contributed by atoms with Crippen LogP contribution in [0.3, 0.4) is 0 Å². The number of hydrogen-bond donors (Lipinski definition) is 1. The normalized spacial score (nSPS) is 16.4. The molecule has 3 aromatic carbocycles. The van der Waals surface area contributed by atoms with Crippen molar-refractivity contribution in [1.82, 2.24) is 4.31 Å². The first-order chi connectivity index (χ1) is 21.6. The number of aryl methyl sites for hydroxylation is 1. The third kappa shape index (κ3) is 7.86. The van der Waals surface area contributed by atoms with Crippen molar-refractivity contribution < 1.29 is 30.6 Å². The first-order valence-corrected chi connectivity index (χ1v) is 18.0. The molecular formula is C33H39N3O7S2. The van der Waals surface area contributed by atoms with E-state index in [4.69, 9.17) is 8.92 Å². The summed E-state index contributed by atoms with van der Waals surface area (Å²) in [4.78, 5) is 15.5. The van der Waals surface area contributed by atoms with Crippen molar-refractivity contribution in [2.24, 2.45) is 0 Å². The van der Waals surface area contributed by atoms with Gasteiger partial charge in [-0.05, 0) is 93.1 Å². The number of piperidine rings is 2. The Morgan fingerprint density at radius 3 is 2.09 bits per heavy atom. The lowest BCUT2D eigenvalue weighted by Crippen LogP contribution is -2.35. The van der Waals surface area contributed by atoms with E-state index >= 15 is 0 Å². The van der Waals surface area contributed by atoms with E-state index in [0.717, 1.165) is 62.9 Å². The summed E-state index contributed by atoms with van der Waals surface area (Å²) >= 11 is 0. The Balaban J connectivity index is 1.35. The minimum absolute atomic E-state index is 0.0116. The van der Waals surface area contributed by atoms with Gasteiger partial charge in [-0.3, -0.25) is 4.79 Å². The van der Waals surface area contributed by atoms with Crippen LogP contribution >= 0.6 is 0 Å². The number of benzene rings is 3. The number of rotatable bonds is 10. The molecule has 2 aliphatic heterocycles. The Bertz CT molecular complexity index is 1760. The Morgan fingerprint density at radius 1 is 0.778 bits per heavy atom. The minimum Gasteiger partial charge on any atom is -0.493 e. The maximum absolute atomic E-state index is 13.4. The molecule has 0 spiro atoms. The van der Waals surface area contributed by atoms with Crippen molar-refractivity contribution in [2.75, 3.05) is 43.5 Å².